The van der Waals surface area contributed by atoms with Gasteiger partial charge in [-0.25, -0.2) is 18.0 Å². The highest BCUT2D eigenvalue weighted by Crippen LogP contribution is 2.23. The Balaban J connectivity index is 1.49. The van der Waals surface area contributed by atoms with Crippen LogP contribution in [0.5, 0.6) is 5.75 Å². The van der Waals surface area contributed by atoms with E-state index in [1.54, 1.807) is 24.3 Å². The molecular formula is C29H31F3O2. The molecule has 0 amide bonds. The Morgan fingerprint density at radius 3 is 1.76 bits per heavy atom. The van der Waals surface area contributed by atoms with Crippen LogP contribution in [0.4, 0.5) is 13.2 Å². The molecule has 0 atom stereocenters. The average molecular weight is 469 g/mol. The van der Waals surface area contributed by atoms with Crippen LogP contribution in [0, 0.1) is 17.5 Å². The first-order chi connectivity index (χ1) is 16.5. The molecule has 0 aliphatic heterocycles. The van der Waals surface area contributed by atoms with Crippen molar-refractivity contribution in [3.63, 3.8) is 0 Å². The monoisotopic (exact) mass is 468 g/mol. The number of esters is 1. The highest BCUT2D eigenvalue weighted by atomic mass is 19.2. The fourth-order valence-electron chi connectivity index (χ4n) is 3.88. The van der Waals surface area contributed by atoms with Crippen LogP contribution in [0.25, 0.3) is 11.1 Å². The zero-order chi connectivity index (χ0) is 24.3. The Morgan fingerprint density at radius 1 is 0.706 bits per heavy atom. The van der Waals surface area contributed by atoms with Crippen LogP contribution in [-0.4, -0.2) is 5.97 Å². The molecule has 0 heterocycles. The number of hydrogen-bond acceptors (Lipinski definition) is 2. The van der Waals surface area contributed by atoms with Gasteiger partial charge in [-0.2, -0.15) is 0 Å². The lowest BCUT2D eigenvalue weighted by molar-refractivity contribution is 0.0733. The van der Waals surface area contributed by atoms with Crippen LogP contribution in [0.2, 0.25) is 0 Å². The first-order valence-electron chi connectivity index (χ1n) is 12.0. The molecule has 0 fully saturated rings. The summed E-state index contributed by atoms with van der Waals surface area (Å²) in [4.78, 5) is 12.3. The van der Waals surface area contributed by atoms with E-state index in [0.717, 1.165) is 17.5 Å². The maximum absolute atomic E-state index is 13.3. The zero-order valence-corrected chi connectivity index (χ0v) is 19.6. The highest BCUT2D eigenvalue weighted by Gasteiger charge is 2.15. The fourth-order valence-corrected chi connectivity index (χ4v) is 3.88. The number of unbranched alkanes of at least 4 members (excludes halogenated alkanes) is 7. The smallest absolute Gasteiger partial charge is 0.343 e. The molecule has 0 radical (unpaired) electrons. The zero-order valence-electron chi connectivity index (χ0n) is 19.6. The van der Waals surface area contributed by atoms with Crippen molar-refractivity contribution in [3.05, 3.63) is 89.2 Å². The molecule has 0 unspecified atom stereocenters. The summed E-state index contributed by atoms with van der Waals surface area (Å²) in [5.74, 6) is -5.60. The Bertz CT molecular complexity index is 1040. The first kappa shape index (κ1) is 25.5. The minimum atomic E-state index is -1.60. The molecule has 0 aromatic heterocycles. The Morgan fingerprint density at radius 2 is 1.21 bits per heavy atom. The van der Waals surface area contributed by atoms with E-state index in [-0.39, 0.29) is 5.56 Å². The van der Waals surface area contributed by atoms with Gasteiger partial charge >= 0.3 is 5.97 Å². The predicted octanol–water partition coefficient (Wildman–Crippen LogP) is 8.67. The van der Waals surface area contributed by atoms with E-state index >= 15 is 0 Å². The van der Waals surface area contributed by atoms with Gasteiger partial charge in [-0.05, 0) is 41.7 Å². The summed E-state index contributed by atoms with van der Waals surface area (Å²) in [5, 5.41) is 0. The Kier molecular flexibility index (Phi) is 9.75. The van der Waals surface area contributed by atoms with Crippen LogP contribution in [0.1, 0.15) is 74.2 Å². The predicted molar refractivity (Wildman–Crippen MR) is 129 cm³/mol. The molecule has 34 heavy (non-hydrogen) atoms. The number of aryl methyl sites for hydroxylation is 1. The maximum Gasteiger partial charge on any atom is 0.343 e. The Hall–Kier alpha value is -3.08. The van der Waals surface area contributed by atoms with Crippen LogP contribution in [0.15, 0.2) is 60.7 Å². The van der Waals surface area contributed by atoms with Crippen molar-refractivity contribution in [1.29, 1.82) is 0 Å². The second-order valence-electron chi connectivity index (χ2n) is 8.59. The third-order valence-corrected chi connectivity index (χ3v) is 5.89. The summed E-state index contributed by atoms with van der Waals surface area (Å²) in [6.07, 6.45) is 11.5. The van der Waals surface area contributed by atoms with E-state index in [9.17, 15) is 18.0 Å². The number of carbonyl (C=O) groups is 1. The lowest BCUT2D eigenvalue weighted by Gasteiger charge is -2.08. The standard InChI is InChI=1S/C29H31F3O2/c1-2-3-4-5-6-7-8-9-10-21-11-13-22(14-12-21)23-15-17-24(18-16-23)29(33)34-25-19-26(30)28(32)27(31)20-25/h11-20H,2-10H2,1H3. The summed E-state index contributed by atoms with van der Waals surface area (Å²) >= 11 is 0. The van der Waals surface area contributed by atoms with Crippen LogP contribution >= 0.6 is 0 Å². The molecule has 0 aliphatic carbocycles. The molecule has 0 N–H and O–H groups in total. The molecule has 3 rings (SSSR count). The molecule has 0 saturated carbocycles. The normalized spacial score (nSPS) is 10.9. The molecule has 0 bridgehead atoms. The SMILES string of the molecule is CCCCCCCCCCc1ccc(-c2ccc(C(=O)Oc3cc(F)c(F)c(F)c3)cc2)cc1. The van der Waals surface area contributed by atoms with E-state index < -0.39 is 29.2 Å². The Labute approximate surface area is 199 Å². The van der Waals surface area contributed by atoms with Gasteiger partial charge in [0, 0.05) is 12.1 Å². The van der Waals surface area contributed by atoms with Gasteiger partial charge in [0.15, 0.2) is 17.5 Å². The minimum Gasteiger partial charge on any atom is -0.423 e. The van der Waals surface area contributed by atoms with E-state index in [2.05, 4.69) is 31.2 Å². The molecular weight excluding hydrogens is 437 g/mol. The summed E-state index contributed by atoms with van der Waals surface area (Å²) < 4.78 is 44.6. The summed E-state index contributed by atoms with van der Waals surface area (Å²) in [5.41, 5.74) is 3.50. The highest BCUT2D eigenvalue weighted by molar-refractivity contribution is 5.91. The van der Waals surface area contributed by atoms with Crippen molar-refractivity contribution in [2.24, 2.45) is 0 Å². The number of rotatable bonds is 12. The van der Waals surface area contributed by atoms with E-state index in [0.29, 0.717) is 12.1 Å². The van der Waals surface area contributed by atoms with Gasteiger partial charge < -0.3 is 4.74 Å². The quantitative estimate of drug-likeness (QED) is 0.115. The molecule has 2 nitrogen and oxygen atoms in total. The van der Waals surface area contributed by atoms with E-state index in [1.165, 1.54) is 56.9 Å². The van der Waals surface area contributed by atoms with Crippen LogP contribution in [0.3, 0.4) is 0 Å². The topological polar surface area (TPSA) is 26.3 Å². The van der Waals surface area contributed by atoms with Crippen LogP contribution < -0.4 is 4.74 Å². The van der Waals surface area contributed by atoms with Gasteiger partial charge in [0.1, 0.15) is 5.75 Å². The van der Waals surface area contributed by atoms with Crippen LogP contribution in [-0.2, 0) is 6.42 Å². The second kappa shape index (κ2) is 13.0. The van der Waals surface area contributed by atoms with Gasteiger partial charge in [-0.3, -0.25) is 0 Å². The lowest BCUT2D eigenvalue weighted by Crippen LogP contribution is -2.09. The largest absolute Gasteiger partial charge is 0.423 e. The summed E-state index contributed by atoms with van der Waals surface area (Å²) in [7, 11) is 0. The average Bonchev–Trinajstić information content (AvgIpc) is 2.84. The van der Waals surface area contributed by atoms with E-state index in [4.69, 9.17) is 4.74 Å². The van der Waals surface area contributed by atoms with Gasteiger partial charge in [0.05, 0.1) is 5.56 Å². The fraction of sp³-hybridized carbons (Fsp3) is 0.345. The molecule has 5 heteroatoms. The van der Waals surface area contributed by atoms with Gasteiger partial charge in [0.2, 0.25) is 0 Å². The molecule has 3 aromatic rings. The number of hydrogen-bond donors (Lipinski definition) is 0. The van der Waals surface area contributed by atoms with Crippen molar-refractivity contribution in [3.8, 4) is 16.9 Å². The van der Waals surface area contributed by atoms with Gasteiger partial charge in [-0.15, -0.1) is 0 Å². The first-order valence-corrected chi connectivity index (χ1v) is 12.0. The minimum absolute atomic E-state index is 0.222. The van der Waals surface area contributed by atoms with Crippen molar-refractivity contribution in [2.75, 3.05) is 0 Å². The van der Waals surface area contributed by atoms with Crippen molar-refractivity contribution in [1.82, 2.24) is 0 Å². The number of benzene rings is 3. The summed E-state index contributed by atoms with van der Waals surface area (Å²) in [6, 6.07) is 16.4. The molecule has 0 saturated heterocycles. The van der Waals surface area contributed by atoms with Crippen molar-refractivity contribution in [2.45, 2.75) is 64.7 Å². The number of ether oxygens (including phenoxy) is 1. The van der Waals surface area contributed by atoms with Gasteiger partial charge in [0.25, 0.3) is 0 Å². The lowest BCUT2D eigenvalue weighted by atomic mass is 10.00. The van der Waals surface area contributed by atoms with E-state index in [1.807, 2.05) is 0 Å². The second-order valence-corrected chi connectivity index (χ2v) is 8.59. The molecule has 3 aromatic carbocycles. The number of halogens is 3. The third kappa shape index (κ3) is 7.47. The maximum atomic E-state index is 13.3. The molecule has 0 spiro atoms. The van der Waals surface area contributed by atoms with Gasteiger partial charge in [-0.1, -0.05) is 88.3 Å². The number of carbonyl (C=O) groups excluding carboxylic acids is 1. The molecule has 0 aliphatic rings. The third-order valence-electron chi connectivity index (χ3n) is 5.89. The van der Waals surface area contributed by atoms with Crippen molar-refractivity contribution < 1.29 is 22.7 Å². The molecule has 180 valence electrons. The van der Waals surface area contributed by atoms with Crippen molar-refractivity contribution >= 4 is 5.97 Å². The summed E-state index contributed by atoms with van der Waals surface area (Å²) in [6.45, 7) is 2.24.